The number of carbonyl (C=O) groups excluding carboxylic acids is 1. The van der Waals surface area contributed by atoms with E-state index in [-0.39, 0.29) is 12.5 Å². The van der Waals surface area contributed by atoms with E-state index >= 15 is 0 Å². The molecular weight excluding hydrogens is 310 g/mol. The van der Waals surface area contributed by atoms with Crippen LogP contribution < -0.4 is 15.4 Å². The second kappa shape index (κ2) is 5.91. The lowest BCUT2D eigenvalue weighted by Crippen LogP contribution is -2.25. The number of thiazole rings is 1. The molecule has 1 aliphatic heterocycles. The first-order chi connectivity index (χ1) is 10.2. The van der Waals surface area contributed by atoms with Crippen LogP contribution in [0, 0.1) is 0 Å². The second-order valence-corrected chi connectivity index (χ2v) is 6.20. The Balaban J connectivity index is 1.75. The molecule has 5 nitrogen and oxygen atoms in total. The Morgan fingerprint density at radius 3 is 3.14 bits per heavy atom. The van der Waals surface area contributed by atoms with Gasteiger partial charge in [0.15, 0.2) is 6.61 Å². The molecule has 0 unspecified atom stereocenters. The highest BCUT2D eigenvalue weighted by Gasteiger charge is 2.18. The zero-order valence-corrected chi connectivity index (χ0v) is 13.0. The van der Waals surface area contributed by atoms with Gasteiger partial charge < -0.3 is 15.4 Å². The molecule has 0 atom stereocenters. The summed E-state index contributed by atoms with van der Waals surface area (Å²) in [4.78, 5) is 16.7. The number of halogens is 1. The number of ether oxygens (including phenoxy) is 1. The first-order valence-electron chi connectivity index (χ1n) is 6.59. The first kappa shape index (κ1) is 14.2. The van der Waals surface area contributed by atoms with Crippen LogP contribution in [-0.4, -0.2) is 17.5 Å². The molecule has 1 aliphatic rings. The van der Waals surface area contributed by atoms with Crippen molar-refractivity contribution in [3.8, 4) is 5.75 Å². The van der Waals surface area contributed by atoms with Gasteiger partial charge in [0.2, 0.25) is 0 Å². The Labute approximate surface area is 131 Å². The lowest BCUT2D eigenvalue weighted by Gasteiger charge is -2.19. The van der Waals surface area contributed by atoms with Crippen LogP contribution in [0.25, 0.3) is 0 Å². The van der Waals surface area contributed by atoms with Crippen molar-refractivity contribution in [3.05, 3.63) is 33.2 Å². The molecular formula is C14H14ClN3O2S. The number of anilines is 2. The molecule has 0 spiro atoms. The molecule has 3 rings (SSSR count). The number of nitrogens with zero attached hydrogens (tertiary/aromatic N) is 1. The molecule has 2 aromatic rings. The van der Waals surface area contributed by atoms with Crippen molar-refractivity contribution in [2.75, 3.05) is 17.2 Å². The van der Waals surface area contributed by atoms with Gasteiger partial charge in [-0.2, -0.15) is 0 Å². The minimum Gasteiger partial charge on any atom is -0.482 e. The Kier molecular flexibility index (Phi) is 3.98. The molecule has 0 saturated carbocycles. The fourth-order valence-electron chi connectivity index (χ4n) is 2.01. The van der Waals surface area contributed by atoms with Crippen molar-refractivity contribution < 1.29 is 9.53 Å². The lowest BCUT2D eigenvalue weighted by molar-refractivity contribution is -0.118. The van der Waals surface area contributed by atoms with Gasteiger partial charge in [-0.15, -0.1) is 11.3 Å². The van der Waals surface area contributed by atoms with Gasteiger partial charge in [-0.1, -0.05) is 18.5 Å². The van der Waals surface area contributed by atoms with E-state index in [1.54, 1.807) is 23.5 Å². The fourth-order valence-corrected chi connectivity index (χ4v) is 3.04. The number of aromatic nitrogens is 1. The van der Waals surface area contributed by atoms with Crippen LogP contribution in [0.4, 0.5) is 11.4 Å². The Morgan fingerprint density at radius 2 is 2.38 bits per heavy atom. The normalized spacial score (nSPS) is 13.3. The van der Waals surface area contributed by atoms with Crippen molar-refractivity contribution in [3.63, 3.8) is 0 Å². The Bertz CT molecular complexity index is 687. The molecule has 0 fully saturated rings. The highest BCUT2D eigenvalue weighted by molar-refractivity contribution is 7.11. The summed E-state index contributed by atoms with van der Waals surface area (Å²) < 4.78 is 5.38. The molecule has 0 radical (unpaired) electrons. The van der Waals surface area contributed by atoms with E-state index in [0.29, 0.717) is 23.0 Å². The molecule has 2 N–H and O–H groups in total. The number of benzene rings is 1. The Hall–Kier alpha value is -1.79. The number of rotatable bonds is 4. The van der Waals surface area contributed by atoms with Crippen molar-refractivity contribution in [2.45, 2.75) is 19.9 Å². The van der Waals surface area contributed by atoms with Crippen LogP contribution in [0.15, 0.2) is 18.3 Å². The van der Waals surface area contributed by atoms with E-state index < -0.39 is 0 Å². The molecule has 1 aromatic carbocycles. The summed E-state index contributed by atoms with van der Waals surface area (Å²) in [5, 5.41) is 7.66. The number of hydrogen-bond donors (Lipinski definition) is 2. The minimum atomic E-state index is -0.170. The number of fused-ring (bicyclic) bond motifs is 1. The zero-order valence-electron chi connectivity index (χ0n) is 11.4. The quantitative estimate of drug-likeness (QED) is 0.906. The van der Waals surface area contributed by atoms with Crippen molar-refractivity contribution >= 4 is 40.2 Å². The summed E-state index contributed by atoms with van der Waals surface area (Å²) in [5.41, 5.74) is 1.38. The van der Waals surface area contributed by atoms with Crippen LogP contribution in [0.1, 0.15) is 16.8 Å². The summed E-state index contributed by atoms with van der Waals surface area (Å²) in [5.74, 6) is 0.455. The van der Waals surface area contributed by atoms with Crippen LogP contribution in [0.5, 0.6) is 5.75 Å². The first-order valence-corrected chi connectivity index (χ1v) is 7.79. The van der Waals surface area contributed by atoms with Crippen molar-refractivity contribution in [1.82, 2.24) is 4.98 Å². The molecule has 110 valence electrons. The van der Waals surface area contributed by atoms with Crippen LogP contribution >= 0.6 is 22.9 Å². The summed E-state index contributed by atoms with van der Waals surface area (Å²) in [7, 11) is 0. The molecule has 21 heavy (non-hydrogen) atoms. The SMILES string of the molecule is CCc1ncc(CNc2cc3c(cc2Cl)NC(=O)CO3)s1. The van der Waals surface area contributed by atoms with E-state index in [0.717, 1.165) is 22.0 Å². The largest absolute Gasteiger partial charge is 0.482 e. The van der Waals surface area contributed by atoms with Crippen LogP contribution in [0.2, 0.25) is 5.02 Å². The average Bonchev–Trinajstić information content (AvgIpc) is 2.93. The minimum absolute atomic E-state index is 0.0305. The third-order valence-electron chi connectivity index (χ3n) is 3.06. The highest BCUT2D eigenvalue weighted by atomic mass is 35.5. The Morgan fingerprint density at radius 1 is 1.52 bits per heavy atom. The van der Waals surface area contributed by atoms with Gasteiger partial charge in [-0.3, -0.25) is 4.79 Å². The highest BCUT2D eigenvalue weighted by Crippen LogP contribution is 2.36. The number of hydrogen-bond acceptors (Lipinski definition) is 5. The summed E-state index contributed by atoms with van der Waals surface area (Å²) in [6.45, 7) is 2.77. The van der Waals surface area contributed by atoms with Crippen molar-refractivity contribution in [1.29, 1.82) is 0 Å². The smallest absolute Gasteiger partial charge is 0.262 e. The lowest BCUT2D eigenvalue weighted by atomic mass is 10.2. The third-order valence-corrected chi connectivity index (χ3v) is 4.51. The van der Waals surface area contributed by atoms with E-state index in [4.69, 9.17) is 16.3 Å². The van der Waals surface area contributed by atoms with Gasteiger partial charge in [0.25, 0.3) is 5.91 Å². The zero-order chi connectivity index (χ0) is 14.8. The summed E-state index contributed by atoms with van der Waals surface area (Å²) in [6, 6.07) is 3.50. The van der Waals surface area contributed by atoms with Gasteiger partial charge >= 0.3 is 0 Å². The maximum atomic E-state index is 11.3. The standard InChI is InChI=1S/C14H14ClN3O2S/c1-2-14-17-6-8(21-14)5-16-10-4-12-11(3-9(10)15)18-13(19)7-20-12/h3-4,6,16H,2,5,7H2,1H3,(H,18,19). The van der Waals surface area contributed by atoms with Gasteiger partial charge in [-0.05, 0) is 12.5 Å². The van der Waals surface area contributed by atoms with E-state index in [9.17, 15) is 4.79 Å². The molecule has 0 saturated heterocycles. The molecule has 7 heteroatoms. The predicted molar refractivity (Wildman–Crippen MR) is 84.4 cm³/mol. The van der Waals surface area contributed by atoms with Gasteiger partial charge in [0, 0.05) is 17.1 Å². The number of nitrogens with one attached hydrogen (secondary N) is 2. The number of aryl methyl sites for hydroxylation is 1. The average molecular weight is 324 g/mol. The summed E-state index contributed by atoms with van der Waals surface area (Å²) in [6.07, 6.45) is 2.82. The van der Waals surface area contributed by atoms with Gasteiger partial charge in [0.1, 0.15) is 5.75 Å². The monoisotopic (exact) mass is 323 g/mol. The maximum absolute atomic E-state index is 11.3. The summed E-state index contributed by atoms with van der Waals surface area (Å²) >= 11 is 7.91. The molecule has 1 aromatic heterocycles. The molecule has 1 amide bonds. The maximum Gasteiger partial charge on any atom is 0.262 e. The fraction of sp³-hybridized carbons (Fsp3) is 0.286. The molecule has 0 aliphatic carbocycles. The van der Waals surface area contributed by atoms with E-state index in [2.05, 4.69) is 22.5 Å². The number of amides is 1. The predicted octanol–water partition coefficient (Wildman–Crippen LogP) is 3.30. The molecule has 2 heterocycles. The molecule has 0 bridgehead atoms. The van der Waals surface area contributed by atoms with Gasteiger partial charge in [-0.25, -0.2) is 4.98 Å². The third kappa shape index (κ3) is 3.11. The number of carbonyl (C=O) groups is 1. The second-order valence-electron chi connectivity index (χ2n) is 4.59. The van der Waals surface area contributed by atoms with E-state index in [1.807, 2.05) is 6.20 Å². The van der Waals surface area contributed by atoms with Crippen LogP contribution in [-0.2, 0) is 17.8 Å². The van der Waals surface area contributed by atoms with E-state index in [1.165, 1.54) is 0 Å². The van der Waals surface area contributed by atoms with Crippen molar-refractivity contribution in [2.24, 2.45) is 0 Å². The van der Waals surface area contributed by atoms with Gasteiger partial charge in [0.05, 0.1) is 27.9 Å². The van der Waals surface area contributed by atoms with Crippen LogP contribution in [0.3, 0.4) is 0 Å². The topological polar surface area (TPSA) is 63.2 Å².